The average molecular weight is 305 g/mol. The molecule has 0 fully saturated rings. The zero-order valence-corrected chi connectivity index (χ0v) is 13.0. The Bertz CT molecular complexity index is 740. The lowest BCUT2D eigenvalue weighted by Crippen LogP contribution is -2.19. The molecule has 21 heavy (non-hydrogen) atoms. The van der Waals surface area contributed by atoms with Crippen LogP contribution in [0.1, 0.15) is 24.5 Å². The molecule has 4 nitrogen and oxygen atoms in total. The molecule has 2 aromatic rings. The first kappa shape index (κ1) is 15.5. The molecule has 0 saturated carbocycles. The van der Waals surface area contributed by atoms with Crippen LogP contribution in [-0.4, -0.2) is 17.5 Å². The Kier molecular flexibility index (Phi) is 4.07. The van der Waals surface area contributed by atoms with Gasteiger partial charge in [-0.15, -0.1) is 6.58 Å². The van der Waals surface area contributed by atoms with Gasteiger partial charge >= 0.3 is 0 Å². The van der Waals surface area contributed by atoms with Gasteiger partial charge in [-0.25, -0.2) is 12.4 Å². The van der Waals surface area contributed by atoms with Crippen LogP contribution >= 0.6 is 0 Å². The van der Waals surface area contributed by atoms with Gasteiger partial charge in [-0.1, -0.05) is 23.8 Å². The lowest BCUT2D eigenvalue weighted by atomic mass is 9.95. The predicted octanol–water partition coefficient (Wildman–Crippen LogP) is 2.82. The van der Waals surface area contributed by atoms with Crippen molar-refractivity contribution in [1.82, 2.24) is 3.97 Å². The minimum Gasteiger partial charge on any atom is -0.385 e. The van der Waals surface area contributed by atoms with Gasteiger partial charge in [-0.3, -0.25) is 0 Å². The van der Waals surface area contributed by atoms with Crippen LogP contribution in [0, 0.1) is 6.92 Å². The van der Waals surface area contributed by atoms with Gasteiger partial charge in [0.2, 0.25) is 0 Å². The molecule has 0 saturated heterocycles. The zero-order chi connectivity index (χ0) is 15.7. The van der Waals surface area contributed by atoms with E-state index >= 15 is 0 Å². The molecule has 1 N–H and O–H groups in total. The van der Waals surface area contributed by atoms with Crippen molar-refractivity contribution in [2.75, 3.05) is 0 Å². The fraction of sp³-hybridized carbons (Fsp3) is 0.250. The van der Waals surface area contributed by atoms with Crippen LogP contribution in [0.3, 0.4) is 0 Å². The van der Waals surface area contributed by atoms with Crippen molar-refractivity contribution >= 4 is 10.0 Å². The Morgan fingerprint density at radius 2 is 1.90 bits per heavy atom. The van der Waals surface area contributed by atoms with Gasteiger partial charge in [0.25, 0.3) is 10.0 Å². The van der Waals surface area contributed by atoms with Gasteiger partial charge < -0.3 is 5.11 Å². The molecule has 0 spiro atoms. The van der Waals surface area contributed by atoms with Crippen LogP contribution in [-0.2, 0) is 15.6 Å². The highest BCUT2D eigenvalue weighted by Crippen LogP contribution is 2.26. The minimum atomic E-state index is -3.63. The number of aryl methyl sites for hydroxylation is 1. The van der Waals surface area contributed by atoms with Crippen LogP contribution in [0.2, 0.25) is 0 Å². The molecular formula is C16H19NO3S. The van der Waals surface area contributed by atoms with Gasteiger partial charge in [0.05, 0.1) is 10.5 Å². The molecule has 1 aromatic carbocycles. The smallest absolute Gasteiger partial charge is 0.267 e. The number of hydrogen-bond donors (Lipinski definition) is 1. The summed E-state index contributed by atoms with van der Waals surface area (Å²) < 4.78 is 26.1. The van der Waals surface area contributed by atoms with Crippen molar-refractivity contribution in [3.63, 3.8) is 0 Å². The second kappa shape index (κ2) is 5.50. The summed E-state index contributed by atoms with van der Waals surface area (Å²) in [6, 6.07) is 8.27. The topological polar surface area (TPSA) is 59.3 Å². The van der Waals surface area contributed by atoms with Gasteiger partial charge in [0.1, 0.15) is 0 Å². The minimum absolute atomic E-state index is 0.221. The summed E-state index contributed by atoms with van der Waals surface area (Å²) in [7, 11) is -3.63. The highest BCUT2D eigenvalue weighted by molar-refractivity contribution is 7.90. The Morgan fingerprint density at radius 3 is 2.48 bits per heavy atom. The third-order valence-corrected chi connectivity index (χ3v) is 5.08. The van der Waals surface area contributed by atoms with Crippen molar-refractivity contribution in [3.05, 3.63) is 66.5 Å². The summed E-state index contributed by atoms with van der Waals surface area (Å²) in [4.78, 5) is 0.221. The van der Waals surface area contributed by atoms with Gasteiger partial charge in [-0.2, -0.15) is 0 Å². The van der Waals surface area contributed by atoms with Crippen LogP contribution in [0.5, 0.6) is 0 Å². The summed E-state index contributed by atoms with van der Waals surface area (Å²) in [5, 5.41) is 10.3. The molecule has 2 rings (SSSR count). The highest BCUT2D eigenvalue weighted by atomic mass is 32.2. The van der Waals surface area contributed by atoms with Crippen LogP contribution < -0.4 is 0 Å². The standard InChI is InChI=1S/C16H19NO3S/c1-4-10-16(3,18)14-9-11-17(12-14)21(19,20)15-7-5-13(2)6-8-15/h4-9,11-12,18H,1,10H2,2-3H3. The fourth-order valence-corrected chi connectivity index (χ4v) is 3.27. The zero-order valence-electron chi connectivity index (χ0n) is 12.2. The maximum absolute atomic E-state index is 12.5. The monoisotopic (exact) mass is 305 g/mol. The molecule has 5 heteroatoms. The molecule has 112 valence electrons. The Hall–Kier alpha value is -1.85. The molecule has 0 radical (unpaired) electrons. The van der Waals surface area contributed by atoms with Gasteiger partial charge in [-0.05, 0) is 38.5 Å². The summed E-state index contributed by atoms with van der Waals surface area (Å²) >= 11 is 0. The Balaban J connectivity index is 2.41. The number of rotatable bonds is 5. The molecule has 0 aliphatic carbocycles. The summed E-state index contributed by atoms with van der Waals surface area (Å²) in [6.07, 6.45) is 4.84. The molecule has 1 heterocycles. The van der Waals surface area contributed by atoms with Crippen LogP contribution in [0.15, 0.2) is 60.3 Å². The number of benzene rings is 1. The van der Waals surface area contributed by atoms with E-state index < -0.39 is 15.6 Å². The van der Waals surface area contributed by atoms with Crippen molar-refractivity contribution in [2.24, 2.45) is 0 Å². The SMILES string of the molecule is C=CCC(C)(O)c1ccn(S(=O)(=O)c2ccc(C)cc2)c1. The number of aromatic nitrogens is 1. The van der Waals surface area contributed by atoms with Gasteiger partial charge in [0, 0.05) is 18.0 Å². The lowest BCUT2D eigenvalue weighted by molar-refractivity contribution is 0.0607. The molecular weight excluding hydrogens is 286 g/mol. The van der Waals surface area contributed by atoms with E-state index in [0.29, 0.717) is 12.0 Å². The normalized spacial score (nSPS) is 14.6. The molecule has 0 aliphatic rings. The lowest BCUT2D eigenvalue weighted by Gasteiger charge is -2.20. The highest BCUT2D eigenvalue weighted by Gasteiger charge is 2.25. The van der Waals surface area contributed by atoms with E-state index in [1.54, 1.807) is 43.3 Å². The summed E-state index contributed by atoms with van der Waals surface area (Å²) in [6.45, 7) is 7.13. The molecule has 0 aliphatic heterocycles. The van der Waals surface area contributed by atoms with Crippen LogP contribution in [0.4, 0.5) is 0 Å². The van der Waals surface area contributed by atoms with E-state index in [4.69, 9.17) is 0 Å². The first-order valence-corrected chi connectivity index (χ1v) is 8.05. The second-order valence-corrected chi connectivity index (χ2v) is 7.16. The number of hydrogen-bond acceptors (Lipinski definition) is 3. The Morgan fingerprint density at radius 1 is 1.29 bits per heavy atom. The van der Waals surface area contributed by atoms with Crippen molar-refractivity contribution in [3.8, 4) is 0 Å². The van der Waals surface area contributed by atoms with E-state index in [1.165, 1.54) is 12.4 Å². The van der Waals surface area contributed by atoms with E-state index in [9.17, 15) is 13.5 Å². The first-order chi connectivity index (χ1) is 9.77. The average Bonchev–Trinajstić information content (AvgIpc) is 2.90. The molecule has 1 atom stereocenters. The summed E-state index contributed by atoms with van der Waals surface area (Å²) in [5.41, 5.74) is 0.407. The number of nitrogens with zero attached hydrogens (tertiary/aromatic N) is 1. The summed E-state index contributed by atoms with van der Waals surface area (Å²) in [5.74, 6) is 0. The molecule has 1 aromatic heterocycles. The fourth-order valence-electron chi connectivity index (χ4n) is 2.08. The predicted molar refractivity (Wildman–Crippen MR) is 82.6 cm³/mol. The van der Waals surface area contributed by atoms with E-state index in [0.717, 1.165) is 9.54 Å². The molecule has 1 unspecified atom stereocenters. The van der Waals surface area contributed by atoms with Crippen LogP contribution in [0.25, 0.3) is 0 Å². The molecule has 0 bridgehead atoms. The molecule has 0 amide bonds. The van der Waals surface area contributed by atoms with E-state index in [1.807, 2.05) is 6.92 Å². The van der Waals surface area contributed by atoms with E-state index in [2.05, 4.69) is 6.58 Å². The second-order valence-electron chi connectivity index (χ2n) is 5.31. The Labute approximate surface area is 125 Å². The van der Waals surface area contributed by atoms with Crippen molar-refractivity contribution < 1.29 is 13.5 Å². The number of aliphatic hydroxyl groups is 1. The third-order valence-electron chi connectivity index (χ3n) is 3.43. The quantitative estimate of drug-likeness (QED) is 0.864. The third kappa shape index (κ3) is 3.09. The first-order valence-electron chi connectivity index (χ1n) is 6.61. The largest absolute Gasteiger partial charge is 0.385 e. The maximum atomic E-state index is 12.5. The van der Waals surface area contributed by atoms with E-state index in [-0.39, 0.29) is 4.90 Å². The van der Waals surface area contributed by atoms with Crippen molar-refractivity contribution in [1.29, 1.82) is 0 Å². The maximum Gasteiger partial charge on any atom is 0.267 e. The van der Waals surface area contributed by atoms with Crippen molar-refractivity contribution in [2.45, 2.75) is 30.8 Å². The van der Waals surface area contributed by atoms with Gasteiger partial charge in [0.15, 0.2) is 0 Å².